The predicted molar refractivity (Wildman–Crippen MR) is 60.6 cm³/mol. The van der Waals surface area contributed by atoms with Crippen molar-refractivity contribution in [2.45, 2.75) is 64.2 Å². The van der Waals surface area contributed by atoms with E-state index in [1.807, 2.05) is 0 Å². The first-order chi connectivity index (χ1) is 7.32. The lowest BCUT2D eigenvalue weighted by molar-refractivity contribution is -0.122. The Morgan fingerprint density at radius 1 is 0.933 bits per heavy atom. The van der Waals surface area contributed by atoms with Gasteiger partial charge >= 0.3 is 0 Å². The van der Waals surface area contributed by atoms with Crippen molar-refractivity contribution < 1.29 is 4.79 Å². The second-order valence-electron chi connectivity index (χ2n) is 6.06. The summed E-state index contributed by atoms with van der Waals surface area (Å²) in [5.41, 5.74) is 0.487. The summed E-state index contributed by atoms with van der Waals surface area (Å²) in [7, 11) is 0. The zero-order chi connectivity index (χ0) is 10.3. The Morgan fingerprint density at radius 2 is 1.67 bits per heavy atom. The molecule has 1 nitrogen and oxygen atoms in total. The zero-order valence-corrected chi connectivity index (χ0v) is 9.63. The molecule has 3 saturated carbocycles. The standard InChI is InChI=1S/C14H22O/c15-13-10-14(8-4-1-5-9-14)12-7-3-2-6-11(12)13/h11-12H,1-10H2. The number of carbonyl (C=O) groups is 1. The Morgan fingerprint density at radius 3 is 2.47 bits per heavy atom. The first-order valence-electron chi connectivity index (χ1n) is 6.85. The van der Waals surface area contributed by atoms with Gasteiger partial charge < -0.3 is 0 Å². The van der Waals surface area contributed by atoms with Crippen LogP contribution in [-0.4, -0.2) is 5.78 Å². The summed E-state index contributed by atoms with van der Waals surface area (Å²) in [6.07, 6.45) is 13.1. The molecule has 0 aromatic heterocycles. The smallest absolute Gasteiger partial charge is 0.136 e. The summed E-state index contributed by atoms with van der Waals surface area (Å²) in [6.45, 7) is 0. The van der Waals surface area contributed by atoms with E-state index in [-0.39, 0.29) is 0 Å². The molecule has 15 heavy (non-hydrogen) atoms. The molecule has 2 unspecified atom stereocenters. The molecular formula is C14H22O. The van der Waals surface area contributed by atoms with Gasteiger partial charge in [0, 0.05) is 12.3 Å². The number of fused-ring (bicyclic) bond motifs is 2. The fourth-order valence-corrected chi connectivity index (χ4v) is 4.66. The third-order valence-corrected chi connectivity index (χ3v) is 5.34. The molecule has 0 saturated heterocycles. The molecule has 3 aliphatic carbocycles. The van der Waals surface area contributed by atoms with Gasteiger partial charge in [-0.3, -0.25) is 4.79 Å². The van der Waals surface area contributed by atoms with Gasteiger partial charge in [0.2, 0.25) is 0 Å². The highest BCUT2D eigenvalue weighted by Gasteiger charge is 2.52. The maximum Gasteiger partial charge on any atom is 0.136 e. The quantitative estimate of drug-likeness (QED) is 0.590. The van der Waals surface area contributed by atoms with Crippen LogP contribution in [0.25, 0.3) is 0 Å². The van der Waals surface area contributed by atoms with E-state index in [0.29, 0.717) is 17.1 Å². The van der Waals surface area contributed by atoms with E-state index in [1.165, 1.54) is 57.8 Å². The molecule has 2 atom stereocenters. The van der Waals surface area contributed by atoms with Crippen molar-refractivity contribution in [1.29, 1.82) is 0 Å². The number of ketones is 1. The van der Waals surface area contributed by atoms with E-state index in [1.54, 1.807) is 0 Å². The second-order valence-corrected chi connectivity index (χ2v) is 6.06. The summed E-state index contributed by atoms with van der Waals surface area (Å²) >= 11 is 0. The van der Waals surface area contributed by atoms with Gasteiger partial charge in [-0.2, -0.15) is 0 Å². The van der Waals surface area contributed by atoms with E-state index >= 15 is 0 Å². The summed E-state index contributed by atoms with van der Waals surface area (Å²) in [4.78, 5) is 12.1. The molecule has 0 aliphatic heterocycles. The average molecular weight is 206 g/mol. The fourth-order valence-electron chi connectivity index (χ4n) is 4.66. The van der Waals surface area contributed by atoms with Crippen molar-refractivity contribution in [3.05, 3.63) is 0 Å². The molecule has 0 heterocycles. The average Bonchev–Trinajstić information content (AvgIpc) is 2.55. The summed E-state index contributed by atoms with van der Waals surface area (Å²) in [5, 5.41) is 0. The van der Waals surface area contributed by atoms with Crippen LogP contribution in [0.4, 0.5) is 0 Å². The third-order valence-electron chi connectivity index (χ3n) is 5.34. The fraction of sp³-hybridized carbons (Fsp3) is 0.929. The van der Waals surface area contributed by atoms with Gasteiger partial charge in [-0.25, -0.2) is 0 Å². The van der Waals surface area contributed by atoms with Crippen LogP contribution in [0.15, 0.2) is 0 Å². The molecule has 0 N–H and O–H groups in total. The first kappa shape index (κ1) is 9.86. The van der Waals surface area contributed by atoms with Crippen molar-refractivity contribution >= 4 is 5.78 Å². The highest BCUT2D eigenvalue weighted by molar-refractivity contribution is 5.84. The van der Waals surface area contributed by atoms with E-state index in [0.717, 1.165) is 12.3 Å². The SMILES string of the molecule is O=C1CC2(CCCCC2)C2CCCCC12. The Balaban J connectivity index is 1.86. The predicted octanol–water partition coefficient (Wildman–Crippen LogP) is 3.72. The minimum Gasteiger partial charge on any atom is -0.299 e. The third kappa shape index (κ3) is 1.46. The van der Waals surface area contributed by atoms with Crippen LogP contribution in [0.1, 0.15) is 64.2 Å². The summed E-state index contributed by atoms with van der Waals surface area (Å²) in [5.74, 6) is 1.90. The highest BCUT2D eigenvalue weighted by atomic mass is 16.1. The largest absolute Gasteiger partial charge is 0.299 e. The summed E-state index contributed by atoms with van der Waals surface area (Å²) < 4.78 is 0. The Kier molecular flexibility index (Phi) is 2.37. The molecule has 0 amide bonds. The molecule has 0 bridgehead atoms. The van der Waals surface area contributed by atoms with Crippen LogP contribution < -0.4 is 0 Å². The van der Waals surface area contributed by atoms with Gasteiger partial charge in [-0.05, 0) is 37.0 Å². The van der Waals surface area contributed by atoms with Crippen molar-refractivity contribution in [1.82, 2.24) is 0 Å². The maximum absolute atomic E-state index is 12.1. The van der Waals surface area contributed by atoms with Crippen LogP contribution in [0, 0.1) is 17.3 Å². The molecule has 0 aromatic carbocycles. The first-order valence-corrected chi connectivity index (χ1v) is 6.85. The Hall–Kier alpha value is -0.330. The molecule has 3 fully saturated rings. The van der Waals surface area contributed by atoms with Gasteiger partial charge in [0.15, 0.2) is 0 Å². The molecule has 1 heteroatoms. The van der Waals surface area contributed by atoms with Gasteiger partial charge in [0.1, 0.15) is 5.78 Å². The number of Topliss-reactive ketones (excluding diaryl/α,β-unsaturated/α-hetero) is 1. The molecule has 3 rings (SSSR count). The van der Waals surface area contributed by atoms with Crippen molar-refractivity contribution in [2.24, 2.45) is 17.3 Å². The molecule has 0 aromatic rings. The Bertz CT molecular complexity index is 263. The van der Waals surface area contributed by atoms with Crippen LogP contribution in [0.2, 0.25) is 0 Å². The molecule has 84 valence electrons. The molecular weight excluding hydrogens is 184 g/mol. The lowest BCUT2D eigenvalue weighted by Crippen LogP contribution is -2.32. The van der Waals surface area contributed by atoms with E-state index in [2.05, 4.69) is 0 Å². The van der Waals surface area contributed by atoms with Gasteiger partial charge in [0.05, 0.1) is 0 Å². The number of rotatable bonds is 0. The minimum atomic E-state index is 0.483. The van der Waals surface area contributed by atoms with Crippen molar-refractivity contribution in [3.8, 4) is 0 Å². The van der Waals surface area contributed by atoms with E-state index in [9.17, 15) is 4.79 Å². The summed E-state index contributed by atoms with van der Waals surface area (Å²) in [6, 6.07) is 0. The monoisotopic (exact) mass is 206 g/mol. The van der Waals surface area contributed by atoms with Crippen LogP contribution in [0.5, 0.6) is 0 Å². The minimum absolute atomic E-state index is 0.483. The van der Waals surface area contributed by atoms with Gasteiger partial charge in [0.25, 0.3) is 0 Å². The van der Waals surface area contributed by atoms with E-state index in [4.69, 9.17) is 0 Å². The van der Waals surface area contributed by atoms with Gasteiger partial charge in [-0.1, -0.05) is 32.1 Å². The number of hydrogen-bond acceptors (Lipinski definition) is 1. The van der Waals surface area contributed by atoms with Crippen molar-refractivity contribution in [3.63, 3.8) is 0 Å². The second kappa shape index (κ2) is 3.61. The van der Waals surface area contributed by atoms with Crippen molar-refractivity contribution in [2.75, 3.05) is 0 Å². The molecule has 3 aliphatic rings. The topological polar surface area (TPSA) is 17.1 Å². The lowest BCUT2D eigenvalue weighted by Gasteiger charge is -2.41. The Labute approximate surface area is 92.6 Å². The highest BCUT2D eigenvalue weighted by Crippen LogP contribution is 2.57. The number of hydrogen-bond donors (Lipinski definition) is 0. The van der Waals surface area contributed by atoms with Gasteiger partial charge in [-0.15, -0.1) is 0 Å². The van der Waals surface area contributed by atoms with Crippen LogP contribution >= 0.6 is 0 Å². The molecule has 1 spiro atoms. The molecule has 0 radical (unpaired) electrons. The van der Waals surface area contributed by atoms with Crippen LogP contribution in [-0.2, 0) is 4.79 Å². The zero-order valence-electron chi connectivity index (χ0n) is 9.63. The maximum atomic E-state index is 12.1. The number of carbonyl (C=O) groups excluding carboxylic acids is 1. The normalized spacial score (nSPS) is 39.3. The van der Waals surface area contributed by atoms with Crippen LogP contribution in [0.3, 0.4) is 0 Å². The lowest BCUT2D eigenvalue weighted by atomic mass is 9.63. The van der Waals surface area contributed by atoms with E-state index < -0.39 is 0 Å².